The molecule has 6 nitrogen and oxygen atoms in total. The first kappa shape index (κ1) is 10.6. The lowest BCUT2D eigenvalue weighted by molar-refractivity contribution is 0.102. The van der Waals surface area contributed by atoms with Crippen LogP contribution in [0.1, 0.15) is 10.5 Å². The van der Waals surface area contributed by atoms with Gasteiger partial charge in [0.2, 0.25) is 0 Å². The van der Waals surface area contributed by atoms with Crippen molar-refractivity contribution in [2.24, 2.45) is 7.05 Å². The predicted molar refractivity (Wildman–Crippen MR) is 58.2 cm³/mol. The van der Waals surface area contributed by atoms with Crippen molar-refractivity contribution in [2.75, 3.05) is 5.32 Å². The quantitative estimate of drug-likeness (QED) is 0.795. The van der Waals surface area contributed by atoms with E-state index in [0.29, 0.717) is 11.5 Å². The van der Waals surface area contributed by atoms with Gasteiger partial charge in [-0.25, -0.2) is 15.0 Å². The molecule has 0 atom stereocenters. The van der Waals surface area contributed by atoms with Crippen molar-refractivity contribution in [3.05, 3.63) is 35.8 Å². The third-order valence-electron chi connectivity index (χ3n) is 1.81. The molecule has 2 rings (SSSR count). The minimum Gasteiger partial charge on any atom is -0.340 e. The molecule has 2 aromatic heterocycles. The topological polar surface area (TPSA) is 72.7 Å². The fourth-order valence-corrected chi connectivity index (χ4v) is 1.26. The first-order valence-corrected chi connectivity index (χ1v) is 4.80. The van der Waals surface area contributed by atoms with E-state index in [1.807, 2.05) is 0 Å². The van der Waals surface area contributed by atoms with E-state index < -0.39 is 0 Å². The van der Waals surface area contributed by atoms with Crippen molar-refractivity contribution >= 4 is 23.3 Å². The number of hydrogen-bond acceptors (Lipinski definition) is 4. The van der Waals surface area contributed by atoms with Gasteiger partial charge in [0, 0.05) is 19.3 Å². The molecule has 0 radical (unpaired) electrons. The molecule has 0 aromatic carbocycles. The average Bonchev–Trinajstić information content (AvgIpc) is 2.65. The third kappa shape index (κ3) is 2.34. The number of halogens is 1. The standard InChI is InChI=1S/C9H8ClN5O/c1-15-3-6(13-5-15)9(16)14-8-2-7(10)11-4-12-8/h2-5H,1H3,(H,11,12,14,16). The Kier molecular flexibility index (Phi) is 2.82. The van der Waals surface area contributed by atoms with Crippen molar-refractivity contribution in [1.29, 1.82) is 0 Å². The number of carbonyl (C=O) groups excluding carboxylic acids is 1. The van der Waals surface area contributed by atoms with Gasteiger partial charge in [-0.1, -0.05) is 11.6 Å². The lowest BCUT2D eigenvalue weighted by Crippen LogP contribution is -2.13. The Bertz CT molecular complexity index is 524. The van der Waals surface area contributed by atoms with Crippen LogP contribution in [0.25, 0.3) is 0 Å². The van der Waals surface area contributed by atoms with Gasteiger partial charge in [-0.3, -0.25) is 4.79 Å². The molecule has 0 unspecified atom stereocenters. The summed E-state index contributed by atoms with van der Waals surface area (Å²) in [5.41, 5.74) is 0.317. The maximum Gasteiger partial charge on any atom is 0.277 e. The summed E-state index contributed by atoms with van der Waals surface area (Å²) in [6, 6.07) is 1.46. The first-order chi connectivity index (χ1) is 7.65. The second kappa shape index (κ2) is 4.28. The number of aromatic nitrogens is 4. The lowest BCUT2D eigenvalue weighted by Gasteiger charge is -2.01. The van der Waals surface area contributed by atoms with E-state index in [1.54, 1.807) is 24.1 Å². The van der Waals surface area contributed by atoms with E-state index >= 15 is 0 Å². The Morgan fingerprint density at radius 2 is 2.25 bits per heavy atom. The summed E-state index contributed by atoms with van der Waals surface area (Å²) in [5.74, 6) is 0.00557. The zero-order valence-corrected chi connectivity index (χ0v) is 9.14. The van der Waals surface area contributed by atoms with Gasteiger partial charge in [0.25, 0.3) is 5.91 Å². The molecule has 16 heavy (non-hydrogen) atoms. The summed E-state index contributed by atoms with van der Waals surface area (Å²) in [6.45, 7) is 0. The van der Waals surface area contributed by atoms with Crippen LogP contribution >= 0.6 is 11.6 Å². The molecular formula is C9H8ClN5O. The van der Waals surface area contributed by atoms with Crippen LogP contribution in [0.4, 0.5) is 5.82 Å². The molecule has 0 saturated heterocycles. The van der Waals surface area contributed by atoms with E-state index in [4.69, 9.17) is 11.6 Å². The van der Waals surface area contributed by atoms with Gasteiger partial charge in [0.1, 0.15) is 23.0 Å². The number of nitrogens with zero attached hydrogens (tertiary/aromatic N) is 4. The highest BCUT2D eigenvalue weighted by Crippen LogP contribution is 2.09. The second-order valence-corrected chi connectivity index (χ2v) is 3.49. The SMILES string of the molecule is Cn1cnc(C(=O)Nc2cc(Cl)ncn2)c1. The fourth-order valence-electron chi connectivity index (χ4n) is 1.11. The number of amides is 1. The smallest absolute Gasteiger partial charge is 0.277 e. The Balaban J connectivity index is 2.13. The minimum absolute atomic E-state index is 0.270. The van der Waals surface area contributed by atoms with Gasteiger partial charge in [0.05, 0.1) is 6.33 Å². The van der Waals surface area contributed by atoms with E-state index in [9.17, 15) is 4.79 Å². The molecule has 1 N–H and O–H groups in total. The number of rotatable bonds is 2. The Morgan fingerprint density at radius 3 is 2.88 bits per heavy atom. The van der Waals surface area contributed by atoms with Gasteiger partial charge < -0.3 is 9.88 Å². The predicted octanol–water partition coefficient (Wildman–Crippen LogP) is 1.12. The molecule has 0 bridgehead atoms. The highest BCUT2D eigenvalue weighted by molar-refractivity contribution is 6.29. The Hall–Kier alpha value is -1.95. The number of hydrogen-bond donors (Lipinski definition) is 1. The van der Waals surface area contributed by atoms with Crippen molar-refractivity contribution in [1.82, 2.24) is 19.5 Å². The van der Waals surface area contributed by atoms with Gasteiger partial charge >= 0.3 is 0 Å². The van der Waals surface area contributed by atoms with Crippen molar-refractivity contribution in [2.45, 2.75) is 0 Å². The highest BCUT2D eigenvalue weighted by atomic mass is 35.5. The van der Waals surface area contributed by atoms with Crippen LogP contribution in [0.15, 0.2) is 24.9 Å². The van der Waals surface area contributed by atoms with E-state index in [1.165, 1.54) is 12.4 Å². The molecule has 0 spiro atoms. The van der Waals surface area contributed by atoms with Crippen LogP contribution in [0.5, 0.6) is 0 Å². The van der Waals surface area contributed by atoms with Crippen LogP contribution < -0.4 is 5.32 Å². The third-order valence-corrected chi connectivity index (χ3v) is 2.02. The van der Waals surface area contributed by atoms with Crippen LogP contribution in [-0.4, -0.2) is 25.4 Å². The largest absolute Gasteiger partial charge is 0.340 e. The van der Waals surface area contributed by atoms with Gasteiger partial charge in [0.15, 0.2) is 0 Å². The molecule has 2 aromatic rings. The van der Waals surface area contributed by atoms with E-state index in [-0.39, 0.29) is 11.1 Å². The van der Waals surface area contributed by atoms with Crippen LogP contribution in [0.3, 0.4) is 0 Å². The summed E-state index contributed by atoms with van der Waals surface area (Å²) in [7, 11) is 1.78. The fraction of sp³-hybridized carbons (Fsp3) is 0.111. The van der Waals surface area contributed by atoms with Gasteiger partial charge in [-0.15, -0.1) is 0 Å². The molecule has 0 aliphatic heterocycles. The van der Waals surface area contributed by atoms with Crippen molar-refractivity contribution < 1.29 is 4.79 Å². The van der Waals surface area contributed by atoms with Gasteiger partial charge in [-0.2, -0.15) is 0 Å². The number of nitrogens with one attached hydrogen (secondary N) is 1. The molecule has 2 heterocycles. The molecule has 0 fully saturated rings. The molecule has 7 heteroatoms. The van der Waals surface area contributed by atoms with Crippen LogP contribution in [-0.2, 0) is 7.05 Å². The summed E-state index contributed by atoms with van der Waals surface area (Å²) >= 11 is 5.66. The number of aryl methyl sites for hydroxylation is 1. The van der Waals surface area contributed by atoms with E-state index in [0.717, 1.165) is 0 Å². The number of carbonyl (C=O) groups is 1. The maximum atomic E-state index is 11.6. The number of imidazole rings is 1. The molecule has 0 aliphatic carbocycles. The molecule has 0 aliphatic rings. The molecular weight excluding hydrogens is 230 g/mol. The summed E-state index contributed by atoms with van der Waals surface area (Å²) in [6.07, 6.45) is 4.43. The van der Waals surface area contributed by atoms with Crippen molar-refractivity contribution in [3.63, 3.8) is 0 Å². The zero-order chi connectivity index (χ0) is 11.5. The maximum absolute atomic E-state index is 11.6. The van der Waals surface area contributed by atoms with E-state index in [2.05, 4.69) is 20.3 Å². The summed E-state index contributed by atoms with van der Waals surface area (Å²) < 4.78 is 1.68. The molecule has 1 amide bonds. The Labute approximate surface area is 96.3 Å². The second-order valence-electron chi connectivity index (χ2n) is 3.10. The number of anilines is 1. The van der Waals surface area contributed by atoms with Crippen LogP contribution in [0.2, 0.25) is 5.15 Å². The monoisotopic (exact) mass is 237 g/mol. The minimum atomic E-state index is -0.338. The first-order valence-electron chi connectivity index (χ1n) is 4.42. The summed E-state index contributed by atoms with van der Waals surface area (Å²) in [4.78, 5) is 23.1. The Morgan fingerprint density at radius 1 is 1.44 bits per heavy atom. The molecule has 82 valence electrons. The molecule has 0 saturated carbocycles. The highest BCUT2D eigenvalue weighted by Gasteiger charge is 2.09. The van der Waals surface area contributed by atoms with Gasteiger partial charge in [-0.05, 0) is 0 Å². The van der Waals surface area contributed by atoms with Crippen LogP contribution in [0, 0.1) is 0 Å². The average molecular weight is 238 g/mol. The normalized spacial score (nSPS) is 10.1. The lowest BCUT2D eigenvalue weighted by atomic mass is 10.4. The summed E-state index contributed by atoms with van der Waals surface area (Å²) in [5, 5.41) is 2.83. The van der Waals surface area contributed by atoms with Crippen molar-refractivity contribution in [3.8, 4) is 0 Å². The zero-order valence-electron chi connectivity index (χ0n) is 8.38.